The third-order valence-electron chi connectivity index (χ3n) is 4.47. The third kappa shape index (κ3) is 1.34. The summed E-state index contributed by atoms with van der Waals surface area (Å²) in [4.78, 5) is 12.5. The van der Waals surface area contributed by atoms with Crippen molar-refractivity contribution in [2.45, 2.75) is 25.2 Å². The minimum atomic E-state index is -0.368. The van der Waals surface area contributed by atoms with Crippen molar-refractivity contribution in [2.75, 3.05) is 5.32 Å². The van der Waals surface area contributed by atoms with Gasteiger partial charge in [0.1, 0.15) is 0 Å². The molecule has 94 valence electrons. The lowest BCUT2D eigenvalue weighted by Crippen LogP contribution is -2.35. The summed E-state index contributed by atoms with van der Waals surface area (Å²) >= 11 is 0. The molecule has 2 nitrogen and oxygen atoms in total. The predicted molar refractivity (Wildman–Crippen MR) is 75.3 cm³/mol. The first-order valence-electron chi connectivity index (χ1n) is 6.68. The summed E-state index contributed by atoms with van der Waals surface area (Å²) in [6.45, 7) is 2.11. The number of fused-ring (bicyclic) bond motifs is 3. The number of aryl methyl sites for hydroxylation is 1. The monoisotopic (exact) mass is 249 g/mol. The van der Waals surface area contributed by atoms with Gasteiger partial charge >= 0.3 is 0 Å². The second-order valence-corrected chi connectivity index (χ2v) is 5.71. The van der Waals surface area contributed by atoms with E-state index in [4.69, 9.17) is 0 Å². The molecule has 4 rings (SSSR count). The Hall–Kier alpha value is -2.09. The van der Waals surface area contributed by atoms with Crippen LogP contribution in [0, 0.1) is 6.92 Å². The van der Waals surface area contributed by atoms with Gasteiger partial charge in [-0.2, -0.15) is 0 Å². The average Bonchev–Trinajstić information content (AvgIpc) is 2.90. The molecule has 1 amide bonds. The smallest absolute Gasteiger partial charge is 0.235 e. The van der Waals surface area contributed by atoms with E-state index in [2.05, 4.69) is 36.5 Å². The SMILES string of the molecule is Cc1ccc2c(c1)CC1(C2)C(=O)Nc2ccccc21. The maximum absolute atomic E-state index is 12.5. The first kappa shape index (κ1) is 10.8. The number of carbonyl (C=O) groups is 1. The molecule has 1 unspecified atom stereocenters. The van der Waals surface area contributed by atoms with E-state index < -0.39 is 0 Å². The number of rotatable bonds is 0. The molecule has 2 aliphatic rings. The predicted octanol–water partition coefficient (Wildman–Crippen LogP) is 2.98. The fraction of sp³-hybridized carbons (Fsp3) is 0.235. The molecule has 1 atom stereocenters. The van der Waals surface area contributed by atoms with Crippen LogP contribution in [0.4, 0.5) is 5.69 Å². The Morgan fingerprint density at radius 3 is 2.74 bits per heavy atom. The van der Waals surface area contributed by atoms with Gasteiger partial charge in [0.15, 0.2) is 0 Å². The zero-order valence-corrected chi connectivity index (χ0v) is 10.9. The number of para-hydroxylation sites is 1. The van der Waals surface area contributed by atoms with Gasteiger partial charge in [0.05, 0.1) is 5.41 Å². The Labute approximate surface area is 112 Å². The maximum Gasteiger partial charge on any atom is 0.235 e. The van der Waals surface area contributed by atoms with Gasteiger partial charge < -0.3 is 5.32 Å². The fourth-order valence-corrected chi connectivity index (χ4v) is 3.53. The van der Waals surface area contributed by atoms with Crippen LogP contribution >= 0.6 is 0 Å². The highest BCUT2D eigenvalue weighted by molar-refractivity contribution is 6.07. The highest BCUT2D eigenvalue weighted by atomic mass is 16.2. The van der Waals surface area contributed by atoms with Crippen molar-refractivity contribution in [2.24, 2.45) is 0 Å². The van der Waals surface area contributed by atoms with Crippen LogP contribution in [-0.4, -0.2) is 5.91 Å². The lowest BCUT2D eigenvalue weighted by molar-refractivity contribution is -0.120. The summed E-state index contributed by atoms with van der Waals surface area (Å²) < 4.78 is 0. The molecular formula is C17H15NO. The molecule has 0 bridgehead atoms. The van der Waals surface area contributed by atoms with E-state index in [0.29, 0.717) is 0 Å². The molecule has 1 aliphatic carbocycles. The molecule has 1 heterocycles. The van der Waals surface area contributed by atoms with Crippen LogP contribution in [0.25, 0.3) is 0 Å². The van der Waals surface area contributed by atoms with Crippen LogP contribution in [0.1, 0.15) is 22.3 Å². The van der Waals surface area contributed by atoms with Gasteiger partial charge in [-0.1, -0.05) is 42.0 Å². The Morgan fingerprint density at radius 2 is 1.84 bits per heavy atom. The zero-order valence-electron chi connectivity index (χ0n) is 10.9. The van der Waals surface area contributed by atoms with E-state index in [1.54, 1.807) is 0 Å². The van der Waals surface area contributed by atoms with Crippen LogP contribution in [0.2, 0.25) is 0 Å². The highest BCUT2D eigenvalue weighted by Gasteiger charge is 2.50. The second kappa shape index (κ2) is 3.47. The van der Waals surface area contributed by atoms with Crippen LogP contribution in [0.3, 0.4) is 0 Å². The number of hydrogen-bond donors (Lipinski definition) is 1. The number of nitrogens with one attached hydrogen (secondary N) is 1. The van der Waals surface area contributed by atoms with Crippen molar-refractivity contribution in [3.8, 4) is 0 Å². The Kier molecular flexibility index (Phi) is 1.97. The third-order valence-corrected chi connectivity index (χ3v) is 4.47. The lowest BCUT2D eigenvalue weighted by atomic mass is 9.79. The maximum atomic E-state index is 12.5. The van der Waals surface area contributed by atoms with Gasteiger partial charge in [0, 0.05) is 5.69 Å². The Bertz CT molecular complexity index is 704. The number of anilines is 1. The summed E-state index contributed by atoms with van der Waals surface area (Å²) in [7, 11) is 0. The van der Waals surface area contributed by atoms with Crippen LogP contribution in [0.15, 0.2) is 42.5 Å². The number of hydrogen-bond acceptors (Lipinski definition) is 1. The average molecular weight is 249 g/mol. The highest BCUT2D eigenvalue weighted by Crippen LogP contribution is 2.47. The Morgan fingerprint density at radius 1 is 1.05 bits per heavy atom. The van der Waals surface area contributed by atoms with Gasteiger partial charge in [-0.05, 0) is 42.5 Å². The molecule has 0 fully saturated rings. The minimum absolute atomic E-state index is 0.155. The van der Waals surface area contributed by atoms with E-state index in [9.17, 15) is 4.79 Å². The normalized spacial score (nSPS) is 23.3. The summed E-state index contributed by atoms with van der Waals surface area (Å²) in [5.41, 5.74) is 5.69. The summed E-state index contributed by atoms with van der Waals surface area (Å²) in [6.07, 6.45) is 1.65. The molecule has 0 saturated carbocycles. The Balaban J connectivity index is 1.88. The molecule has 0 radical (unpaired) electrons. The number of carbonyl (C=O) groups excluding carboxylic acids is 1. The fourth-order valence-electron chi connectivity index (χ4n) is 3.53. The van der Waals surface area contributed by atoms with Crippen LogP contribution < -0.4 is 5.32 Å². The van der Waals surface area contributed by atoms with Crippen molar-refractivity contribution < 1.29 is 4.79 Å². The molecule has 0 aromatic heterocycles. The minimum Gasteiger partial charge on any atom is -0.325 e. The molecule has 19 heavy (non-hydrogen) atoms. The number of amides is 1. The van der Waals surface area contributed by atoms with Crippen molar-refractivity contribution in [1.29, 1.82) is 0 Å². The van der Waals surface area contributed by atoms with E-state index in [0.717, 1.165) is 24.1 Å². The molecule has 1 spiro atoms. The van der Waals surface area contributed by atoms with Crippen molar-refractivity contribution in [3.63, 3.8) is 0 Å². The van der Waals surface area contributed by atoms with Gasteiger partial charge in [0.25, 0.3) is 0 Å². The number of benzene rings is 2. The van der Waals surface area contributed by atoms with Crippen LogP contribution in [-0.2, 0) is 23.1 Å². The summed E-state index contributed by atoms with van der Waals surface area (Å²) in [5, 5.41) is 3.04. The van der Waals surface area contributed by atoms with Gasteiger partial charge in [-0.3, -0.25) is 4.79 Å². The molecule has 2 aromatic rings. The molecule has 0 saturated heterocycles. The molecule has 1 N–H and O–H groups in total. The molecule has 1 aliphatic heterocycles. The first-order chi connectivity index (χ1) is 9.19. The quantitative estimate of drug-likeness (QED) is 0.764. The van der Waals surface area contributed by atoms with Gasteiger partial charge in [0.2, 0.25) is 5.91 Å². The van der Waals surface area contributed by atoms with Crippen molar-refractivity contribution in [3.05, 3.63) is 64.7 Å². The summed E-state index contributed by atoms with van der Waals surface area (Å²) in [6, 6.07) is 14.6. The first-order valence-corrected chi connectivity index (χ1v) is 6.68. The van der Waals surface area contributed by atoms with Gasteiger partial charge in [-0.25, -0.2) is 0 Å². The van der Waals surface area contributed by atoms with E-state index in [-0.39, 0.29) is 11.3 Å². The molecular weight excluding hydrogens is 234 g/mol. The second-order valence-electron chi connectivity index (χ2n) is 5.71. The van der Waals surface area contributed by atoms with Gasteiger partial charge in [-0.15, -0.1) is 0 Å². The summed E-state index contributed by atoms with van der Waals surface area (Å²) in [5.74, 6) is 0.155. The van der Waals surface area contributed by atoms with Crippen molar-refractivity contribution >= 4 is 11.6 Å². The molecule has 2 heteroatoms. The zero-order chi connectivity index (χ0) is 13.0. The van der Waals surface area contributed by atoms with Crippen molar-refractivity contribution in [1.82, 2.24) is 0 Å². The van der Waals surface area contributed by atoms with E-state index in [1.807, 2.05) is 18.2 Å². The largest absolute Gasteiger partial charge is 0.325 e. The van der Waals surface area contributed by atoms with E-state index in [1.165, 1.54) is 16.7 Å². The topological polar surface area (TPSA) is 29.1 Å². The van der Waals surface area contributed by atoms with Crippen LogP contribution in [0.5, 0.6) is 0 Å². The standard InChI is InChI=1S/C17H15NO/c1-11-6-7-12-9-17(10-13(12)8-11)14-4-2-3-5-15(14)18-16(17)19/h2-8H,9-10H2,1H3,(H,18,19). The van der Waals surface area contributed by atoms with E-state index >= 15 is 0 Å². The lowest BCUT2D eigenvalue weighted by Gasteiger charge is -2.20. The molecule has 2 aromatic carbocycles.